The Hall–Kier alpha value is -0.530. The average Bonchev–Trinajstić information content (AvgIpc) is 2.44. The topological polar surface area (TPSA) is 37.3 Å². The summed E-state index contributed by atoms with van der Waals surface area (Å²) in [5.74, 6) is 1.90. The minimum absolute atomic E-state index is 0.337. The Morgan fingerprint density at radius 3 is 2.10 bits per heavy atom. The lowest BCUT2D eigenvalue weighted by molar-refractivity contribution is -0.137. The van der Waals surface area contributed by atoms with Crippen LogP contribution < -0.4 is 0 Å². The largest absolute Gasteiger partial charge is 0.481 e. The lowest BCUT2D eigenvalue weighted by Crippen LogP contribution is -2.14. The van der Waals surface area contributed by atoms with Crippen LogP contribution in [0.1, 0.15) is 90.9 Å². The first-order chi connectivity index (χ1) is 9.61. The minimum atomic E-state index is -0.651. The van der Waals surface area contributed by atoms with Crippen molar-refractivity contribution in [3.8, 4) is 0 Å². The molecular weight excluding hydrogens is 248 g/mol. The highest BCUT2D eigenvalue weighted by molar-refractivity contribution is 5.66. The van der Waals surface area contributed by atoms with Crippen molar-refractivity contribution in [2.45, 2.75) is 90.9 Å². The van der Waals surface area contributed by atoms with Crippen molar-refractivity contribution in [1.29, 1.82) is 0 Å². The van der Waals surface area contributed by atoms with Crippen molar-refractivity contribution in [3.63, 3.8) is 0 Å². The highest BCUT2D eigenvalue weighted by Gasteiger charge is 2.20. The van der Waals surface area contributed by atoms with E-state index in [4.69, 9.17) is 5.11 Å². The van der Waals surface area contributed by atoms with Gasteiger partial charge in [-0.25, -0.2) is 0 Å². The molecule has 0 spiro atoms. The van der Waals surface area contributed by atoms with Crippen LogP contribution in [0.4, 0.5) is 0 Å². The third-order valence-electron chi connectivity index (χ3n) is 5.09. The van der Waals surface area contributed by atoms with E-state index in [1.165, 1.54) is 64.2 Å². The first-order valence-corrected chi connectivity index (χ1v) is 8.83. The summed E-state index contributed by atoms with van der Waals surface area (Å²) in [4.78, 5) is 10.5. The normalized spacial score (nSPS) is 24.5. The van der Waals surface area contributed by atoms with Gasteiger partial charge < -0.3 is 5.11 Å². The summed E-state index contributed by atoms with van der Waals surface area (Å²) < 4.78 is 0. The van der Waals surface area contributed by atoms with Crippen LogP contribution in [0.15, 0.2) is 0 Å². The highest BCUT2D eigenvalue weighted by atomic mass is 16.4. The molecule has 0 bridgehead atoms. The molecule has 0 aliphatic heterocycles. The second-order valence-corrected chi connectivity index (χ2v) is 7.00. The van der Waals surface area contributed by atoms with Gasteiger partial charge in [-0.15, -0.1) is 0 Å². The van der Waals surface area contributed by atoms with E-state index in [9.17, 15) is 4.79 Å². The van der Waals surface area contributed by atoms with Crippen LogP contribution in [-0.2, 0) is 4.79 Å². The smallest absolute Gasteiger partial charge is 0.303 e. The number of rotatable bonds is 10. The van der Waals surface area contributed by atoms with Crippen LogP contribution >= 0.6 is 0 Å². The van der Waals surface area contributed by atoms with E-state index >= 15 is 0 Å². The van der Waals surface area contributed by atoms with Gasteiger partial charge in [-0.2, -0.15) is 0 Å². The van der Waals surface area contributed by atoms with Crippen LogP contribution in [0, 0.1) is 17.8 Å². The van der Waals surface area contributed by atoms with E-state index in [1.807, 2.05) is 0 Å². The maximum atomic E-state index is 10.5. The van der Waals surface area contributed by atoms with E-state index in [1.54, 1.807) is 0 Å². The van der Waals surface area contributed by atoms with Gasteiger partial charge >= 0.3 is 5.97 Å². The molecule has 20 heavy (non-hydrogen) atoms. The minimum Gasteiger partial charge on any atom is -0.481 e. The standard InChI is InChI=1S/C18H34O2/c1-3-4-7-16-10-12-17(13-11-16)8-5-6-15(2)9-14-18(19)20/h15-17H,3-14H2,1-2H3,(H,19,20)/t15-,16?,17?/m0/s1. The molecule has 0 unspecified atom stereocenters. The van der Waals surface area contributed by atoms with Gasteiger partial charge in [-0.3, -0.25) is 4.79 Å². The number of unbranched alkanes of at least 4 members (excludes halogenated alkanes) is 1. The fourth-order valence-electron chi connectivity index (χ4n) is 3.57. The van der Waals surface area contributed by atoms with E-state index in [0.29, 0.717) is 12.3 Å². The van der Waals surface area contributed by atoms with Gasteiger partial charge in [-0.05, 0) is 24.2 Å². The number of hydrogen-bond donors (Lipinski definition) is 1. The van der Waals surface area contributed by atoms with Crippen LogP contribution in [-0.4, -0.2) is 11.1 Å². The van der Waals surface area contributed by atoms with E-state index in [-0.39, 0.29) is 0 Å². The molecule has 0 aromatic carbocycles. The molecule has 1 fully saturated rings. The van der Waals surface area contributed by atoms with Gasteiger partial charge in [0.2, 0.25) is 0 Å². The third kappa shape index (κ3) is 7.91. The average molecular weight is 282 g/mol. The van der Waals surface area contributed by atoms with Gasteiger partial charge in [0.15, 0.2) is 0 Å². The molecule has 1 atom stereocenters. The highest BCUT2D eigenvalue weighted by Crippen LogP contribution is 2.34. The maximum absolute atomic E-state index is 10.5. The molecule has 0 aromatic rings. The summed E-state index contributed by atoms with van der Waals surface area (Å²) >= 11 is 0. The summed E-state index contributed by atoms with van der Waals surface area (Å²) in [5, 5.41) is 8.68. The van der Waals surface area contributed by atoms with Crippen molar-refractivity contribution >= 4 is 5.97 Å². The predicted molar refractivity (Wildman–Crippen MR) is 84.9 cm³/mol. The second-order valence-electron chi connectivity index (χ2n) is 7.00. The van der Waals surface area contributed by atoms with E-state index in [0.717, 1.165) is 18.3 Å². The molecule has 0 amide bonds. The van der Waals surface area contributed by atoms with E-state index in [2.05, 4.69) is 13.8 Å². The number of carbonyl (C=O) groups is 1. The van der Waals surface area contributed by atoms with Crippen LogP contribution in [0.5, 0.6) is 0 Å². The Balaban J connectivity index is 2.02. The summed E-state index contributed by atoms with van der Waals surface area (Å²) in [6.07, 6.45) is 15.1. The van der Waals surface area contributed by atoms with Crippen molar-refractivity contribution in [1.82, 2.24) is 0 Å². The van der Waals surface area contributed by atoms with Crippen molar-refractivity contribution in [2.24, 2.45) is 17.8 Å². The molecule has 1 N–H and O–H groups in total. The predicted octanol–water partition coefficient (Wildman–Crippen LogP) is 5.65. The molecule has 1 aliphatic carbocycles. The Morgan fingerprint density at radius 1 is 1.05 bits per heavy atom. The van der Waals surface area contributed by atoms with Gasteiger partial charge in [0, 0.05) is 6.42 Å². The molecule has 1 rings (SSSR count). The molecule has 0 radical (unpaired) electrons. The lowest BCUT2D eigenvalue weighted by atomic mass is 9.77. The van der Waals surface area contributed by atoms with Crippen LogP contribution in [0.3, 0.4) is 0 Å². The Kier molecular flexibility index (Phi) is 8.97. The second kappa shape index (κ2) is 10.2. The molecule has 0 heterocycles. The van der Waals surface area contributed by atoms with Crippen LogP contribution in [0.2, 0.25) is 0 Å². The third-order valence-corrected chi connectivity index (χ3v) is 5.09. The molecule has 0 aromatic heterocycles. The number of hydrogen-bond acceptors (Lipinski definition) is 1. The summed E-state index contributed by atoms with van der Waals surface area (Å²) in [5.41, 5.74) is 0. The Morgan fingerprint density at radius 2 is 1.60 bits per heavy atom. The molecule has 2 heteroatoms. The maximum Gasteiger partial charge on any atom is 0.303 e. The van der Waals surface area contributed by atoms with Gasteiger partial charge in [0.1, 0.15) is 0 Å². The van der Waals surface area contributed by atoms with Gasteiger partial charge in [0.25, 0.3) is 0 Å². The van der Waals surface area contributed by atoms with Crippen molar-refractivity contribution < 1.29 is 9.90 Å². The SMILES string of the molecule is CCCCC1CCC(CCC[C@H](C)CCC(=O)O)CC1. The first-order valence-electron chi connectivity index (χ1n) is 8.83. The van der Waals surface area contributed by atoms with Gasteiger partial charge in [0.05, 0.1) is 0 Å². The molecule has 1 saturated carbocycles. The molecule has 118 valence electrons. The number of aliphatic carboxylic acids is 1. The summed E-state index contributed by atoms with van der Waals surface area (Å²) in [7, 11) is 0. The zero-order chi connectivity index (χ0) is 14.8. The molecule has 1 aliphatic rings. The fourth-order valence-corrected chi connectivity index (χ4v) is 3.57. The van der Waals surface area contributed by atoms with Crippen molar-refractivity contribution in [2.75, 3.05) is 0 Å². The summed E-state index contributed by atoms with van der Waals surface area (Å²) in [6.45, 7) is 4.49. The fraction of sp³-hybridized carbons (Fsp3) is 0.944. The Labute approximate surface area is 125 Å². The van der Waals surface area contributed by atoms with E-state index < -0.39 is 5.97 Å². The summed E-state index contributed by atoms with van der Waals surface area (Å²) in [6, 6.07) is 0. The lowest BCUT2D eigenvalue weighted by Gasteiger charge is -2.28. The zero-order valence-corrected chi connectivity index (χ0v) is 13.6. The number of carboxylic acids is 1. The quantitative estimate of drug-likeness (QED) is 0.562. The molecule has 2 nitrogen and oxygen atoms in total. The van der Waals surface area contributed by atoms with Crippen LogP contribution in [0.25, 0.3) is 0 Å². The molecular formula is C18H34O2. The Bertz CT molecular complexity index is 254. The molecule has 0 saturated heterocycles. The number of carboxylic acid groups (broad SMARTS) is 1. The zero-order valence-electron chi connectivity index (χ0n) is 13.6. The first kappa shape index (κ1) is 17.5. The van der Waals surface area contributed by atoms with Crippen molar-refractivity contribution in [3.05, 3.63) is 0 Å². The monoisotopic (exact) mass is 282 g/mol. The van der Waals surface area contributed by atoms with Gasteiger partial charge in [-0.1, -0.05) is 78.1 Å².